The number of hydrogen-bond acceptors (Lipinski definition) is 6. The van der Waals surface area contributed by atoms with Crippen LogP contribution in [0.3, 0.4) is 0 Å². The van der Waals surface area contributed by atoms with Crippen molar-refractivity contribution in [3.8, 4) is 16.9 Å². The van der Waals surface area contributed by atoms with Crippen molar-refractivity contribution in [2.75, 3.05) is 7.11 Å². The lowest BCUT2D eigenvalue weighted by Crippen LogP contribution is -2.30. The van der Waals surface area contributed by atoms with Gasteiger partial charge in [0, 0.05) is 23.1 Å². The molecular weight excluding hydrogens is 449 g/mol. The van der Waals surface area contributed by atoms with E-state index in [1.54, 1.807) is 26.2 Å². The number of carbonyl (C=O) groups excluding carboxylic acids is 1. The molecule has 6 nitrogen and oxygen atoms in total. The number of nitrogens with zero attached hydrogens (tertiary/aromatic N) is 1. The van der Waals surface area contributed by atoms with Gasteiger partial charge in [0.15, 0.2) is 5.16 Å². The number of amides is 1. The minimum atomic E-state index is -0.471. The molecule has 0 spiro atoms. The Morgan fingerprint density at radius 3 is 2.75 bits per heavy atom. The summed E-state index contributed by atoms with van der Waals surface area (Å²) in [5.41, 5.74) is 2.03. The average molecular weight is 470 g/mol. The third-order valence-electron chi connectivity index (χ3n) is 4.88. The molecule has 0 aliphatic rings. The number of rotatable bonds is 7. The quantitative estimate of drug-likeness (QED) is 0.305. The molecule has 2 aromatic carbocycles. The van der Waals surface area contributed by atoms with Gasteiger partial charge >= 0.3 is 0 Å². The molecule has 0 aliphatic carbocycles. The second-order valence-corrected chi connectivity index (χ2v) is 9.18. The molecule has 1 amide bonds. The Labute approximate surface area is 191 Å². The highest BCUT2D eigenvalue weighted by Crippen LogP contribution is 2.32. The number of halogens is 1. The van der Waals surface area contributed by atoms with Gasteiger partial charge < -0.3 is 15.0 Å². The summed E-state index contributed by atoms with van der Waals surface area (Å²) in [5.74, 6) is 0.193. The number of benzene rings is 2. The van der Waals surface area contributed by atoms with E-state index in [0.29, 0.717) is 33.2 Å². The lowest BCUT2D eigenvalue weighted by molar-refractivity contribution is -0.120. The van der Waals surface area contributed by atoms with E-state index in [4.69, 9.17) is 4.74 Å². The minimum Gasteiger partial charge on any atom is -0.496 e. The minimum absolute atomic E-state index is 0.179. The number of carbonyl (C=O) groups is 1. The normalized spacial score (nSPS) is 12.0. The summed E-state index contributed by atoms with van der Waals surface area (Å²) in [5, 5.41) is 5.08. The summed E-state index contributed by atoms with van der Waals surface area (Å²) < 4.78 is 18.5. The molecule has 0 saturated carbocycles. The number of aromatic nitrogens is 2. The van der Waals surface area contributed by atoms with Gasteiger partial charge in [-0.2, -0.15) is 0 Å². The monoisotopic (exact) mass is 469 g/mol. The standard InChI is InChI=1S/C23H20FN3O3S2/c1-13(20(28)25-11-15-5-3-4-6-18(15)30-2)32-23-26-21(29)19-17(12-31-22(19)27-23)14-7-9-16(24)10-8-14/h3-10,12-13H,11H2,1-2H3,(H,25,28)(H,26,27,29). The summed E-state index contributed by atoms with van der Waals surface area (Å²) in [6.07, 6.45) is 0. The van der Waals surface area contributed by atoms with E-state index in [2.05, 4.69) is 15.3 Å². The Hall–Kier alpha value is -3.17. The van der Waals surface area contributed by atoms with Gasteiger partial charge in [-0.05, 0) is 30.7 Å². The maximum Gasteiger partial charge on any atom is 0.260 e. The summed E-state index contributed by atoms with van der Waals surface area (Å²) in [4.78, 5) is 33.2. The van der Waals surface area contributed by atoms with Crippen molar-refractivity contribution in [1.29, 1.82) is 0 Å². The van der Waals surface area contributed by atoms with Gasteiger partial charge in [-0.25, -0.2) is 9.37 Å². The molecule has 0 fully saturated rings. The molecule has 32 heavy (non-hydrogen) atoms. The highest BCUT2D eigenvalue weighted by Gasteiger charge is 2.19. The number of thiophene rings is 1. The molecule has 0 saturated heterocycles. The zero-order chi connectivity index (χ0) is 22.7. The zero-order valence-electron chi connectivity index (χ0n) is 17.3. The van der Waals surface area contributed by atoms with Crippen molar-refractivity contribution in [3.05, 3.63) is 75.6 Å². The van der Waals surface area contributed by atoms with E-state index < -0.39 is 5.25 Å². The predicted octanol–water partition coefficient (Wildman–Crippen LogP) is 4.60. The van der Waals surface area contributed by atoms with Crippen LogP contribution in [-0.4, -0.2) is 28.2 Å². The van der Waals surface area contributed by atoms with Gasteiger partial charge in [-0.1, -0.05) is 42.1 Å². The van der Waals surface area contributed by atoms with Crippen LogP contribution in [0.4, 0.5) is 4.39 Å². The van der Waals surface area contributed by atoms with Gasteiger partial charge in [0.1, 0.15) is 16.4 Å². The van der Waals surface area contributed by atoms with E-state index in [0.717, 1.165) is 11.1 Å². The molecule has 1 atom stereocenters. The molecular formula is C23H20FN3O3S2. The van der Waals surface area contributed by atoms with Crippen molar-refractivity contribution in [2.45, 2.75) is 23.9 Å². The first-order chi connectivity index (χ1) is 15.5. The van der Waals surface area contributed by atoms with Crippen molar-refractivity contribution >= 4 is 39.2 Å². The van der Waals surface area contributed by atoms with Gasteiger partial charge in [0.05, 0.1) is 17.7 Å². The maximum atomic E-state index is 13.2. The molecule has 4 rings (SSSR count). The van der Waals surface area contributed by atoms with Crippen molar-refractivity contribution in [1.82, 2.24) is 15.3 Å². The second kappa shape index (κ2) is 9.54. The SMILES string of the molecule is COc1ccccc1CNC(=O)C(C)Sc1nc2scc(-c3ccc(F)cc3)c2c(=O)[nH]1. The van der Waals surface area contributed by atoms with Crippen LogP contribution in [0.1, 0.15) is 12.5 Å². The summed E-state index contributed by atoms with van der Waals surface area (Å²) in [6.45, 7) is 2.09. The number of nitrogens with one attached hydrogen (secondary N) is 2. The van der Waals surface area contributed by atoms with E-state index in [9.17, 15) is 14.0 Å². The average Bonchev–Trinajstić information content (AvgIpc) is 3.22. The summed E-state index contributed by atoms with van der Waals surface area (Å²) in [7, 11) is 1.59. The number of H-pyrrole nitrogens is 1. The van der Waals surface area contributed by atoms with Gasteiger partial charge in [0.2, 0.25) is 5.91 Å². The highest BCUT2D eigenvalue weighted by molar-refractivity contribution is 8.00. The number of ether oxygens (including phenoxy) is 1. The number of thioether (sulfide) groups is 1. The smallest absolute Gasteiger partial charge is 0.260 e. The van der Waals surface area contributed by atoms with E-state index in [-0.39, 0.29) is 17.3 Å². The van der Waals surface area contributed by atoms with Crippen molar-refractivity contribution < 1.29 is 13.9 Å². The molecule has 0 aliphatic heterocycles. The van der Waals surface area contributed by atoms with E-state index in [1.165, 1.54) is 35.2 Å². The first kappa shape index (κ1) is 22.0. The summed E-state index contributed by atoms with van der Waals surface area (Å²) >= 11 is 2.52. The first-order valence-corrected chi connectivity index (χ1v) is 11.6. The molecule has 0 radical (unpaired) electrons. The number of methoxy groups -OCH3 is 1. The zero-order valence-corrected chi connectivity index (χ0v) is 19.0. The third-order valence-corrected chi connectivity index (χ3v) is 6.74. The van der Waals surface area contributed by atoms with E-state index in [1.807, 2.05) is 29.6 Å². The van der Waals surface area contributed by atoms with Crippen LogP contribution in [0, 0.1) is 5.82 Å². The second-order valence-electron chi connectivity index (χ2n) is 7.00. The van der Waals surface area contributed by atoms with Crippen LogP contribution >= 0.6 is 23.1 Å². The Morgan fingerprint density at radius 2 is 2.00 bits per heavy atom. The molecule has 4 aromatic rings. The topological polar surface area (TPSA) is 84.1 Å². The Bertz CT molecular complexity index is 1320. The summed E-state index contributed by atoms with van der Waals surface area (Å²) in [6, 6.07) is 13.5. The molecule has 2 N–H and O–H groups in total. The number of aromatic amines is 1. The van der Waals surface area contributed by atoms with Crippen LogP contribution < -0.4 is 15.6 Å². The van der Waals surface area contributed by atoms with Gasteiger partial charge in [-0.3, -0.25) is 9.59 Å². The van der Waals surface area contributed by atoms with Crippen LogP contribution in [0.2, 0.25) is 0 Å². The van der Waals surface area contributed by atoms with Crippen molar-refractivity contribution in [3.63, 3.8) is 0 Å². The predicted molar refractivity (Wildman–Crippen MR) is 126 cm³/mol. The number of hydrogen-bond donors (Lipinski definition) is 2. The molecule has 9 heteroatoms. The first-order valence-electron chi connectivity index (χ1n) is 9.80. The molecule has 164 valence electrons. The van der Waals surface area contributed by atoms with Crippen molar-refractivity contribution in [2.24, 2.45) is 0 Å². The lowest BCUT2D eigenvalue weighted by atomic mass is 10.1. The van der Waals surface area contributed by atoms with Crippen LogP contribution in [0.15, 0.2) is 63.9 Å². The lowest BCUT2D eigenvalue weighted by Gasteiger charge is -2.13. The highest BCUT2D eigenvalue weighted by atomic mass is 32.2. The molecule has 2 aromatic heterocycles. The molecule has 2 heterocycles. The Kier molecular flexibility index (Phi) is 6.57. The third kappa shape index (κ3) is 4.68. The fraction of sp³-hybridized carbons (Fsp3) is 0.174. The van der Waals surface area contributed by atoms with Crippen LogP contribution in [-0.2, 0) is 11.3 Å². The molecule has 0 bridgehead atoms. The Balaban J connectivity index is 1.48. The molecule has 1 unspecified atom stereocenters. The fourth-order valence-electron chi connectivity index (χ4n) is 3.22. The Morgan fingerprint density at radius 1 is 1.25 bits per heavy atom. The van der Waals surface area contributed by atoms with Gasteiger partial charge in [0.25, 0.3) is 5.56 Å². The van der Waals surface area contributed by atoms with E-state index >= 15 is 0 Å². The van der Waals surface area contributed by atoms with Gasteiger partial charge in [-0.15, -0.1) is 11.3 Å². The maximum absolute atomic E-state index is 13.2. The largest absolute Gasteiger partial charge is 0.496 e. The fourth-order valence-corrected chi connectivity index (χ4v) is 5.05. The van der Waals surface area contributed by atoms with Crippen LogP contribution in [0.5, 0.6) is 5.75 Å². The van der Waals surface area contributed by atoms with Crippen LogP contribution in [0.25, 0.3) is 21.3 Å². The number of fused-ring (bicyclic) bond motifs is 1. The number of para-hydroxylation sites is 1.